The van der Waals surface area contributed by atoms with Gasteiger partial charge in [0.1, 0.15) is 5.37 Å². The first kappa shape index (κ1) is 19.7. The van der Waals surface area contributed by atoms with Crippen LogP contribution >= 0.6 is 11.8 Å². The first-order valence-electron chi connectivity index (χ1n) is 9.75. The van der Waals surface area contributed by atoms with E-state index in [1.54, 1.807) is 6.20 Å². The molecule has 0 saturated carbocycles. The van der Waals surface area contributed by atoms with E-state index in [2.05, 4.69) is 56.4 Å². The van der Waals surface area contributed by atoms with Crippen LogP contribution in [0.2, 0.25) is 0 Å². The average molecular weight is 411 g/mol. The minimum absolute atomic E-state index is 0.196. The molecular weight excluding hydrogens is 384 g/mol. The van der Waals surface area contributed by atoms with E-state index in [-0.39, 0.29) is 5.37 Å². The topological polar surface area (TPSA) is 64.6 Å². The molecule has 0 amide bonds. The zero-order valence-corrected chi connectivity index (χ0v) is 17.8. The molecule has 1 aromatic heterocycles. The number of aldehydes is 1. The number of hydrogen-bond donors (Lipinski definition) is 1. The van der Waals surface area contributed by atoms with Crippen molar-refractivity contribution in [2.45, 2.75) is 12.3 Å². The Morgan fingerprint density at radius 1 is 1.10 bits per heavy atom. The number of carbonyl (C=O) groups excluding carboxylic acids is 1. The summed E-state index contributed by atoms with van der Waals surface area (Å²) in [6.45, 7) is 6.30. The molecule has 1 N–H and O–H groups in total. The van der Waals surface area contributed by atoms with Gasteiger partial charge in [-0.25, -0.2) is 9.97 Å². The van der Waals surface area contributed by atoms with Crippen molar-refractivity contribution in [3.63, 3.8) is 0 Å². The second kappa shape index (κ2) is 8.42. The summed E-state index contributed by atoms with van der Waals surface area (Å²) in [5, 5.41) is 3.10. The van der Waals surface area contributed by atoms with Crippen LogP contribution < -0.4 is 10.2 Å². The number of likely N-dealkylation sites (N-methyl/N-ethyl adjacent to an activating group) is 2. The monoisotopic (exact) mass is 410 g/mol. The summed E-state index contributed by atoms with van der Waals surface area (Å²) < 4.78 is 0. The number of anilines is 3. The summed E-state index contributed by atoms with van der Waals surface area (Å²) in [5.41, 5.74) is 4.07. The maximum absolute atomic E-state index is 11.3. The van der Waals surface area contributed by atoms with Crippen molar-refractivity contribution in [3.8, 4) is 0 Å². The molecule has 2 aliphatic rings. The molecule has 8 heteroatoms. The van der Waals surface area contributed by atoms with Crippen LogP contribution in [0, 0.1) is 0 Å². The number of nitrogens with one attached hydrogen (secondary N) is 1. The zero-order chi connectivity index (χ0) is 20.4. The summed E-state index contributed by atoms with van der Waals surface area (Å²) in [6.07, 6.45) is 2.71. The van der Waals surface area contributed by atoms with Gasteiger partial charge in [0.2, 0.25) is 5.95 Å². The van der Waals surface area contributed by atoms with Crippen LogP contribution in [0.25, 0.3) is 4.91 Å². The molecule has 1 unspecified atom stereocenters. The number of piperazine rings is 1. The third kappa shape index (κ3) is 4.23. The maximum atomic E-state index is 11.3. The Morgan fingerprint density at radius 2 is 1.83 bits per heavy atom. The Bertz CT molecular complexity index is 908. The molecule has 2 aromatic rings. The minimum atomic E-state index is -0.196. The van der Waals surface area contributed by atoms with Crippen LogP contribution in [0.15, 0.2) is 42.2 Å². The van der Waals surface area contributed by atoms with Gasteiger partial charge in [-0.15, -0.1) is 0 Å². The molecule has 29 heavy (non-hydrogen) atoms. The van der Waals surface area contributed by atoms with Crippen LogP contribution in [0.3, 0.4) is 0 Å². The van der Waals surface area contributed by atoms with E-state index in [1.807, 2.05) is 24.9 Å². The van der Waals surface area contributed by atoms with Gasteiger partial charge in [-0.1, -0.05) is 11.8 Å². The quantitative estimate of drug-likeness (QED) is 0.755. The predicted molar refractivity (Wildman–Crippen MR) is 119 cm³/mol. The summed E-state index contributed by atoms with van der Waals surface area (Å²) in [4.78, 5) is 28.0. The Morgan fingerprint density at radius 3 is 2.48 bits per heavy atom. The number of allylic oxidation sites excluding steroid dienone is 1. The number of thioether (sulfide) groups is 1. The summed E-state index contributed by atoms with van der Waals surface area (Å²) in [6, 6.07) is 10.3. The second-order valence-corrected chi connectivity index (χ2v) is 8.52. The van der Waals surface area contributed by atoms with Crippen molar-refractivity contribution in [2.75, 3.05) is 50.5 Å². The normalized spacial score (nSPS) is 20.3. The Kier molecular flexibility index (Phi) is 5.73. The molecule has 3 heterocycles. The van der Waals surface area contributed by atoms with Gasteiger partial charge in [-0.3, -0.25) is 0 Å². The maximum Gasteiger partial charge on any atom is 0.227 e. The fourth-order valence-electron chi connectivity index (χ4n) is 3.50. The Labute approximate surface area is 175 Å². The highest BCUT2D eigenvalue weighted by Crippen LogP contribution is 2.41. The molecule has 152 valence electrons. The first-order valence-corrected chi connectivity index (χ1v) is 10.6. The van der Waals surface area contributed by atoms with E-state index in [0.29, 0.717) is 5.95 Å². The molecule has 1 atom stereocenters. The number of hydrogen-bond acceptors (Lipinski definition) is 8. The van der Waals surface area contributed by atoms with E-state index in [1.165, 1.54) is 17.4 Å². The molecular formula is C21H26N6OS. The fraction of sp³-hybridized carbons (Fsp3) is 0.381. The standard InChI is InChI=1S/C21H26N6OS/c1-15-20(29-19(14-28)26(15)3)18-8-9-22-21(24-18)23-16-4-6-17(7-5-16)27-12-10-25(2)11-13-27/h4-9,14,19H,10-13H2,1-3H3,(H,22,23,24). The molecule has 1 aromatic carbocycles. The third-order valence-electron chi connectivity index (χ3n) is 5.47. The fourth-order valence-corrected chi connectivity index (χ4v) is 4.66. The highest BCUT2D eigenvalue weighted by Gasteiger charge is 2.28. The van der Waals surface area contributed by atoms with Crippen molar-refractivity contribution in [1.29, 1.82) is 0 Å². The van der Waals surface area contributed by atoms with Crippen LogP contribution in [0.4, 0.5) is 17.3 Å². The molecule has 1 fully saturated rings. The lowest BCUT2D eigenvalue weighted by Gasteiger charge is -2.34. The van der Waals surface area contributed by atoms with Gasteiger partial charge in [-0.2, -0.15) is 0 Å². The number of rotatable bonds is 5. The highest BCUT2D eigenvalue weighted by molar-refractivity contribution is 8.09. The molecule has 0 radical (unpaired) electrons. The molecule has 1 saturated heterocycles. The number of aromatic nitrogens is 2. The van der Waals surface area contributed by atoms with Gasteiger partial charge in [0, 0.05) is 56.5 Å². The molecule has 7 nitrogen and oxygen atoms in total. The summed E-state index contributed by atoms with van der Waals surface area (Å²) in [5.74, 6) is 0.549. The highest BCUT2D eigenvalue weighted by atomic mass is 32.2. The molecule has 0 bridgehead atoms. The average Bonchev–Trinajstić information content (AvgIpc) is 3.04. The second-order valence-electron chi connectivity index (χ2n) is 7.40. The predicted octanol–water partition coefficient (Wildman–Crippen LogP) is 2.86. The third-order valence-corrected chi connectivity index (χ3v) is 6.88. The molecule has 2 aliphatic heterocycles. The SMILES string of the molecule is CC1=C(c2ccnc(Nc3ccc(N4CCN(C)CC4)cc3)n2)SC(C=O)N1C. The van der Waals surface area contributed by atoms with Gasteiger partial charge >= 0.3 is 0 Å². The van der Waals surface area contributed by atoms with Crippen molar-refractivity contribution in [1.82, 2.24) is 19.8 Å². The number of benzene rings is 1. The summed E-state index contributed by atoms with van der Waals surface area (Å²) >= 11 is 1.52. The lowest BCUT2D eigenvalue weighted by atomic mass is 10.2. The first-order chi connectivity index (χ1) is 14.0. The lowest BCUT2D eigenvalue weighted by molar-refractivity contribution is -0.109. The van der Waals surface area contributed by atoms with Gasteiger partial charge in [-0.05, 0) is 44.3 Å². The van der Waals surface area contributed by atoms with E-state index in [9.17, 15) is 4.79 Å². The molecule has 0 spiro atoms. The summed E-state index contributed by atoms with van der Waals surface area (Å²) in [7, 11) is 4.09. The van der Waals surface area contributed by atoms with Crippen molar-refractivity contribution < 1.29 is 4.79 Å². The van der Waals surface area contributed by atoms with E-state index >= 15 is 0 Å². The largest absolute Gasteiger partial charge is 0.369 e. The van der Waals surface area contributed by atoms with E-state index in [4.69, 9.17) is 0 Å². The van der Waals surface area contributed by atoms with Crippen molar-refractivity contribution >= 4 is 40.3 Å². The Balaban J connectivity index is 1.47. The van der Waals surface area contributed by atoms with Crippen molar-refractivity contribution in [2.24, 2.45) is 0 Å². The van der Waals surface area contributed by atoms with E-state index in [0.717, 1.165) is 54.4 Å². The Hall–Kier alpha value is -2.58. The molecule has 4 rings (SSSR count). The van der Waals surface area contributed by atoms with E-state index < -0.39 is 0 Å². The molecule has 0 aliphatic carbocycles. The lowest BCUT2D eigenvalue weighted by Crippen LogP contribution is -2.44. The van der Waals surface area contributed by atoms with Crippen LogP contribution in [-0.4, -0.2) is 71.7 Å². The minimum Gasteiger partial charge on any atom is -0.369 e. The number of carbonyl (C=O) groups is 1. The number of nitrogens with zero attached hydrogens (tertiary/aromatic N) is 5. The van der Waals surface area contributed by atoms with Gasteiger partial charge < -0.3 is 24.8 Å². The van der Waals surface area contributed by atoms with Crippen molar-refractivity contribution in [3.05, 3.63) is 47.9 Å². The van der Waals surface area contributed by atoms with Crippen LogP contribution in [0.5, 0.6) is 0 Å². The van der Waals surface area contributed by atoms with Gasteiger partial charge in [0.05, 0.1) is 10.6 Å². The van der Waals surface area contributed by atoms with Gasteiger partial charge in [0.15, 0.2) is 6.29 Å². The van der Waals surface area contributed by atoms with Crippen LogP contribution in [-0.2, 0) is 4.79 Å². The zero-order valence-electron chi connectivity index (χ0n) is 17.0. The smallest absolute Gasteiger partial charge is 0.227 e. The van der Waals surface area contributed by atoms with Gasteiger partial charge in [0.25, 0.3) is 0 Å². The van der Waals surface area contributed by atoms with Crippen LogP contribution in [0.1, 0.15) is 12.6 Å².